The molecule has 1 aliphatic heterocycles. The topological polar surface area (TPSA) is 12.5 Å². The number of anilines is 1. The molecular weight excluding hydrogens is 210 g/mol. The van der Waals surface area contributed by atoms with Crippen molar-refractivity contribution in [1.29, 1.82) is 0 Å². The number of aryl methyl sites for hydroxylation is 1. The third-order valence-electron chi connectivity index (χ3n) is 3.28. The maximum Gasteiger partial charge on any atom is 0.146 e. The van der Waals surface area contributed by atoms with Gasteiger partial charge in [-0.25, -0.2) is 0 Å². The lowest BCUT2D eigenvalue weighted by molar-refractivity contribution is 0.275. The molecule has 1 heterocycles. The number of benzene rings is 1. The van der Waals surface area contributed by atoms with E-state index >= 15 is 0 Å². The third kappa shape index (κ3) is 2.17. The first-order chi connectivity index (χ1) is 8.00. The molecule has 92 valence electrons. The van der Waals surface area contributed by atoms with Crippen LogP contribution in [0.3, 0.4) is 0 Å². The number of hydrogen-bond donors (Lipinski definition) is 0. The first kappa shape index (κ1) is 12.0. The van der Waals surface area contributed by atoms with E-state index in [0.717, 1.165) is 12.4 Å². The van der Waals surface area contributed by atoms with Crippen LogP contribution in [-0.2, 0) is 0 Å². The normalized spacial score (nSPS) is 18.4. The predicted octanol–water partition coefficient (Wildman–Crippen LogP) is 3.81. The average Bonchev–Trinajstić information content (AvgIpc) is 2.27. The van der Waals surface area contributed by atoms with Crippen molar-refractivity contribution in [1.82, 2.24) is 0 Å². The first-order valence-electron chi connectivity index (χ1n) is 6.17. The summed E-state index contributed by atoms with van der Waals surface area (Å²) in [4.78, 5) is 2.32. The summed E-state index contributed by atoms with van der Waals surface area (Å²) in [6.45, 7) is 11.5. The van der Waals surface area contributed by atoms with E-state index in [-0.39, 0.29) is 0 Å². The lowest BCUT2D eigenvalue weighted by Gasteiger charge is -2.35. The van der Waals surface area contributed by atoms with E-state index in [0.29, 0.717) is 6.04 Å². The van der Waals surface area contributed by atoms with E-state index in [2.05, 4.69) is 57.9 Å². The van der Waals surface area contributed by atoms with E-state index in [1.807, 2.05) is 0 Å². The van der Waals surface area contributed by atoms with Gasteiger partial charge < -0.3 is 9.64 Å². The molecule has 0 spiro atoms. The van der Waals surface area contributed by atoms with Crippen LogP contribution in [0.4, 0.5) is 5.69 Å². The molecule has 1 aliphatic rings. The molecule has 2 nitrogen and oxygen atoms in total. The zero-order valence-electron chi connectivity index (χ0n) is 11.4. The van der Waals surface area contributed by atoms with Crippen LogP contribution in [0.15, 0.2) is 23.9 Å². The van der Waals surface area contributed by atoms with E-state index in [1.54, 1.807) is 0 Å². The standard InChI is InChI=1S/C15H21NO/c1-10(2)8-16-12(4)9-17-15-13(5)11(3)6-7-14(15)16/h6-8,12H,9H2,1-5H3/t12-/m0/s1. The highest BCUT2D eigenvalue weighted by Crippen LogP contribution is 2.38. The lowest BCUT2D eigenvalue weighted by Crippen LogP contribution is -2.37. The molecule has 17 heavy (non-hydrogen) atoms. The summed E-state index contributed by atoms with van der Waals surface area (Å²) in [5, 5.41) is 0. The molecule has 0 bridgehead atoms. The summed E-state index contributed by atoms with van der Waals surface area (Å²) >= 11 is 0. The van der Waals surface area contributed by atoms with Crippen molar-refractivity contribution < 1.29 is 4.74 Å². The Hall–Kier alpha value is -1.44. The van der Waals surface area contributed by atoms with Gasteiger partial charge in [-0.3, -0.25) is 0 Å². The van der Waals surface area contributed by atoms with Crippen molar-refractivity contribution >= 4 is 5.69 Å². The van der Waals surface area contributed by atoms with Crippen LogP contribution < -0.4 is 9.64 Å². The highest BCUT2D eigenvalue weighted by atomic mass is 16.5. The molecule has 0 saturated carbocycles. The second kappa shape index (κ2) is 4.44. The predicted molar refractivity (Wildman–Crippen MR) is 72.8 cm³/mol. The number of allylic oxidation sites excluding steroid dienone is 1. The Labute approximate surface area is 104 Å². The van der Waals surface area contributed by atoms with Crippen molar-refractivity contribution in [2.45, 2.75) is 40.7 Å². The quantitative estimate of drug-likeness (QED) is 0.728. The fourth-order valence-electron chi connectivity index (χ4n) is 2.16. The van der Waals surface area contributed by atoms with E-state index in [1.165, 1.54) is 22.4 Å². The van der Waals surface area contributed by atoms with E-state index in [9.17, 15) is 0 Å². The van der Waals surface area contributed by atoms with Gasteiger partial charge in [-0.05, 0) is 51.8 Å². The minimum absolute atomic E-state index is 0.388. The number of ether oxygens (including phenoxy) is 1. The molecule has 0 aromatic heterocycles. The second-order valence-corrected chi connectivity index (χ2v) is 5.13. The van der Waals surface area contributed by atoms with Crippen LogP contribution in [0.1, 0.15) is 31.9 Å². The lowest BCUT2D eigenvalue weighted by atomic mass is 10.0. The Morgan fingerprint density at radius 1 is 1.35 bits per heavy atom. The molecule has 2 heteroatoms. The fraction of sp³-hybridized carbons (Fsp3) is 0.467. The second-order valence-electron chi connectivity index (χ2n) is 5.13. The average molecular weight is 231 g/mol. The number of fused-ring (bicyclic) bond motifs is 1. The summed E-state index contributed by atoms with van der Waals surface area (Å²) < 4.78 is 5.89. The van der Waals surface area contributed by atoms with Gasteiger partial charge in [0.15, 0.2) is 0 Å². The zero-order valence-corrected chi connectivity index (χ0v) is 11.4. The van der Waals surface area contributed by atoms with E-state index in [4.69, 9.17) is 4.74 Å². The molecule has 0 aliphatic carbocycles. The van der Waals surface area contributed by atoms with Crippen molar-refractivity contribution in [3.63, 3.8) is 0 Å². The molecule has 1 atom stereocenters. The molecule has 0 saturated heterocycles. The van der Waals surface area contributed by atoms with Gasteiger partial charge in [-0.15, -0.1) is 0 Å². The van der Waals surface area contributed by atoms with Crippen molar-refractivity contribution in [3.8, 4) is 5.75 Å². The molecule has 0 amide bonds. The number of rotatable bonds is 1. The van der Waals surface area contributed by atoms with Crippen LogP contribution in [0.25, 0.3) is 0 Å². The van der Waals surface area contributed by atoms with Crippen LogP contribution in [0, 0.1) is 13.8 Å². The molecule has 2 rings (SSSR count). The van der Waals surface area contributed by atoms with Gasteiger partial charge in [0, 0.05) is 6.20 Å². The van der Waals surface area contributed by atoms with Gasteiger partial charge in [0.25, 0.3) is 0 Å². The number of hydrogen-bond acceptors (Lipinski definition) is 2. The van der Waals surface area contributed by atoms with Crippen LogP contribution in [0.2, 0.25) is 0 Å². The molecule has 1 aromatic carbocycles. The Balaban J connectivity index is 2.53. The maximum atomic E-state index is 5.89. The number of nitrogens with zero attached hydrogens (tertiary/aromatic N) is 1. The Morgan fingerprint density at radius 3 is 2.71 bits per heavy atom. The van der Waals surface area contributed by atoms with Gasteiger partial charge in [0.1, 0.15) is 12.4 Å². The molecular formula is C15H21NO. The highest BCUT2D eigenvalue weighted by Gasteiger charge is 2.24. The molecule has 0 radical (unpaired) electrons. The Morgan fingerprint density at radius 2 is 2.06 bits per heavy atom. The van der Waals surface area contributed by atoms with E-state index < -0.39 is 0 Å². The molecule has 0 fully saturated rings. The third-order valence-corrected chi connectivity index (χ3v) is 3.28. The maximum absolute atomic E-state index is 5.89. The van der Waals surface area contributed by atoms with Crippen LogP contribution in [0.5, 0.6) is 5.75 Å². The SMILES string of the molecule is CC(C)=CN1c2ccc(C)c(C)c2OC[C@@H]1C. The van der Waals surface area contributed by atoms with Crippen molar-refractivity contribution in [2.24, 2.45) is 0 Å². The Bertz CT molecular complexity index is 458. The monoisotopic (exact) mass is 231 g/mol. The van der Waals surface area contributed by atoms with Gasteiger partial charge in [0.05, 0.1) is 11.7 Å². The summed E-state index contributed by atoms with van der Waals surface area (Å²) in [6.07, 6.45) is 2.21. The van der Waals surface area contributed by atoms with Crippen molar-refractivity contribution in [3.05, 3.63) is 35.0 Å². The summed E-state index contributed by atoms with van der Waals surface area (Å²) in [6, 6.07) is 4.72. The molecule has 0 unspecified atom stereocenters. The molecule has 0 N–H and O–H groups in total. The summed E-state index contributed by atoms with van der Waals surface area (Å²) in [7, 11) is 0. The first-order valence-corrected chi connectivity index (χ1v) is 6.17. The van der Waals surface area contributed by atoms with Crippen molar-refractivity contribution in [2.75, 3.05) is 11.5 Å². The van der Waals surface area contributed by atoms with Crippen LogP contribution >= 0.6 is 0 Å². The zero-order chi connectivity index (χ0) is 12.6. The van der Waals surface area contributed by atoms with Gasteiger partial charge in [0.2, 0.25) is 0 Å². The minimum atomic E-state index is 0.388. The minimum Gasteiger partial charge on any atom is -0.489 e. The van der Waals surface area contributed by atoms with Gasteiger partial charge in [-0.1, -0.05) is 11.6 Å². The summed E-state index contributed by atoms with van der Waals surface area (Å²) in [5.74, 6) is 1.04. The smallest absolute Gasteiger partial charge is 0.146 e. The fourth-order valence-corrected chi connectivity index (χ4v) is 2.16. The Kier molecular flexibility index (Phi) is 3.14. The van der Waals surface area contributed by atoms with Gasteiger partial charge in [-0.2, -0.15) is 0 Å². The van der Waals surface area contributed by atoms with Crippen LogP contribution in [-0.4, -0.2) is 12.6 Å². The highest BCUT2D eigenvalue weighted by molar-refractivity contribution is 5.67. The van der Waals surface area contributed by atoms with Gasteiger partial charge >= 0.3 is 0 Å². The summed E-state index contributed by atoms with van der Waals surface area (Å²) in [5.41, 5.74) is 5.04. The largest absolute Gasteiger partial charge is 0.489 e. The molecule has 1 aromatic rings.